The molecule has 1 heterocycles. The predicted molar refractivity (Wildman–Crippen MR) is 79.1 cm³/mol. The summed E-state index contributed by atoms with van der Waals surface area (Å²) in [5.41, 5.74) is 2.02. The molecule has 0 aliphatic heterocycles. The van der Waals surface area contributed by atoms with Crippen LogP contribution in [0, 0.1) is 10.1 Å². The molecule has 0 saturated heterocycles. The molecule has 0 aliphatic rings. The average Bonchev–Trinajstić information content (AvgIpc) is 2.73. The summed E-state index contributed by atoms with van der Waals surface area (Å²) in [6.07, 6.45) is 1.13. The Hall–Kier alpha value is -1.74. The molecular weight excluding hydrogens is 302 g/mol. The molecule has 9 heteroatoms. The molecule has 2 rings (SSSR count). The summed E-state index contributed by atoms with van der Waals surface area (Å²) in [6, 6.07) is 2.88. The average molecular weight is 315 g/mol. The highest BCUT2D eigenvalue weighted by Gasteiger charge is 2.22. The van der Waals surface area contributed by atoms with Crippen LogP contribution in [-0.2, 0) is 9.84 Å². The van der Waals surface area contributed by atoms with E-state index < -0.39 is 20.8 Å². The van der Waals surface area contributed by atoms with Crippen LogP contribution in [0.5, 0.6) is 0 Å². The molecular formula is C11H13N3O4S2. The number of hydrogen-bond donors (Lipinski definition) is 1. The Labute approximate surface area is 119 Å². The van der Waals surface area contributed by atoms with Crippen LogP contribution in [0.3, 0.4) is 0 Å². The molecule has 0 saturated carbocycles. The van der Waals surface area contributed by atoms with E-state index in [-0.39, 0.29) is 17.1 Å². The van der Waals surface area contributed by atoms with Gasteiger partial charge in [-0.15, -0.1) is 11.3 Å². The molecule has 1 atom stereocenters. The fraction of sp³-hybridized carbons (Fsp3) is 0.364. The smallest absolute Gasteiger partial charge is 0.319 e. The number of rotatable bonds is 5. The normalized spacial score (nSPS) is 13.3. The molecule has 0 amide bonds. The number of nitrogens with zero attached hydrogens (tertiary/aromatic N) is 2. The highest BCUT2D eigenvalue weighted by molar-refractivity contribution is 7.90. The number of thiazole rings is 1. The quantitative estimate of drug-likeness (QED) is 0.669. The summed E-state index contributed by atoms with van der Waals surface area (Å²) in [6.45, 7) is 1.66. The lowest BCUT2D eigenvalue weighted by molar-refractivity contribution is -0.382. The van der Waals surface area contributed by atoms with Crippen molar-refractivity contribution in [1.82, 2.24) is 4.98 Å². The fourth-order valence-electron chi connectivity index (χ4n) is 1.98. The van der Waals surface area contributed by atoms with E-state index in [9.17, 15) is 18.5 Å². The van der Waals surface area contributed by atoms with E-state index >= 15 is 0 Å². The Morgan fingerprint density at radius 1 is 1.50 bits per heavy atom. The Morgan fingerprint density at radius 2 is 2.20 bits per heavy atom. The molecule has 0 bridgehead atoms. The van der Waals surface area contributed by atoms with E-state index in [0.717, 1.165) is 11.0 Å². The third kappa shape index (κ3) is 3.23. The van der Waals surface area contributed by atoms with Crippen molar-refractivity contribution in [2.24, 2.45) is 0 Å². The number of sulfone groups is 1. The van der Waals surface area contributed by atoms with Crippen molar-refractivity contribution in [2.75, 3.05) is 17.3 Å². The predicted octanol–water partition coefficient (Wildman–Crippen LogP) is 2.05. The second-order valence-electron chi connectivity index (χ2n) is 4.56. The lowest BCUT2D eigenvalue weighted by Gasteiger charge is -2.14. The minimum absolute atomic E-state index is 0.0980. The minimum Gasteiger partial charge on any atom is -0.376 e. The fourth-order valence-corrected chi connectivity index (χ4v) is 3.65. The van der Waals surface area contributed by atoms with Crippen molar-refractivity contribution in [3.63, 3.8) is 0 Å². The van der Waals surface area contributed by atoms with Gasteiger partial charge in [-0.3, -0.25) is 10.1 Å². The van der Waals surface area contributed by atoms with Crippen molar-refractivity contribution in [2.45, 2.75) is 13.0 Å². The van der Waals surface area contributed by atoms with Crippen LogP contribution in [0.4, 0.5) is 11.4 Å². The lowest BCUT2D eigenvalue weighted by Crippen LogP contribution is -2.25. The van der Waals surface area contributed by atoms with Crippen molar-refractivity contribution in [1.29, 1.82) is 0 Å². The van der Waals surface area contributed by atoms with Crippen LogP contribution in [0.2, 0.25) is 0 Å². The number of benzene rings is 1. The van der Waals surface area contributed by atoms with Crippen molar-refractivity contribution >= 4 is 42.8 Å². The lowest BCUT2D eigenvalue weighted by atomic mass is 10.2. The molecule has 1 aromatic heterocycles. The van der Waals surface area contributed by atoms with Crippen LogP contribution in [-0.4, -0.2) is 36.4 Å². The highest BCUT2D eigenvalue weighted by Crippen LogP contribution is 2.34. The number of fused-ring (bicyclic) bond motifs is 1. The van der Waals surface area contributed by atoms with Crippen molar-refractivity contribution < 1.29 is 13.3 Å². The van der Waals surface area contributed by atoms with E-state index in [1.165, 1.54) is 11.3 Å². The molecule has 20 heavy (non-hydrogen) atoms. The number of nitro groups is 1. The number of hydrogen-bond acceptors (Lipinski definition) is 7. The monoisotopic (exact) mass is 315 g/mol. The molecule has 2 aromatic rings. The van der Waals surface area contributed by atoms with Gasteiger partial charge < -0.3 is 5.32 Å². The van der Waals surface area contributed by atoms with Crippen LogP contribution >= 0.6 is 11.3 Å². The first-order valence-corrected chi connectivity index (χ1v) is 8.67. The molecule has 7 nitrogen and oxygen atoms in total. The number of nitro benzene ring substituents is 1. The van der Waals surface area contributed by atoms with Gasteiger partial charge >= 0.3 is 5.69 Å². The maximum atomic E-state index is 11.2. The van der Waals surface area contributed by atoms with Gasteiger partial charge in [-0.05, 0) is 19.1 Å². The van der Waals surface area contributed by atoms with Gasteiger partial charge in [0.15, 0.2) is 5.52 Å². The summed E-state index contributed by atoms with van der Waals surface area (Å²) in [5.74, 6) is -0.0980. The second-order valence-corrected chi connectivity index (χ2v) is 7.63. The molecule has 0 fully saturated rings. The first-order chi connectivity index (χ1) is 9.28. The number of aromatic nitrogens is 1. The van der Waals surface area contributed by atoms with Gasteiger partial charge in [0.2, 0.25) is 0 Å². The van der Waals surface area contributed by atoms with Crippen molar-refractivity contribution in [3.8, 4) is 0 Å². The zero-order chi connectivity index (χ0) is 14.9. The Kier molecular flexibility index (Phi) is 3.91. The molecule has 1 N–H and O–H groups in total. The molecule has 0 spiro atoms. The van der Waals surface area contributed by atoms with Crippen LogP contribution in [0.15, 0.2) is 17.6 Å². The summed E-state index contributed by atoms with van der Waals surface area (Å²) in [5, 5.41) is 14.1. The van der Waals surface area contributed by atoms with E-state index in [1.54, 1.807) is 24.6 Å². The van der Waals surface area contributed by atoms with E-state index in [4.69, 9.17) is 0 Å². The Balaban J connectivity index is 2.39. The van der Waals surface area contributed by atoms with E-state index in [1.807, 2.05) is 0 Å². The van der Waals surface area contributed by atoms with Gasteiger partial charge in [0, 0.05) is 12.3 Å². The summed E-state index contributed by atoms with van der Waals surface area (Å²) < 4.78 is 23.2. The maximum Gasteiger partial charge on any atom is 0.319 e. The number of anilines is 1. The Bertz CT molecular complexity index is 754. The van der Waals surface area contributed by atoms with Crippen LogP contribution < -0.4 is 5.32 Å². The highest BCUT2D eigenvalue weighted by atomic mass is 32.2. The molecule has 108 valence electrons. The summed E-state index contributed by atoms with van der Waals surface area (Å²) >= 11 is 1.32. The first-order valence-electron chi connectivity index (χ1n) is 5.73. The van der Waals surface area contributed by atoms with Gasteiger partial charge in [0.05, 0.1) is 20.9 Å². The molecule has 1 aromatic carbocycles. The van der Waals surface area contributed by atoms with E-state index in [2.05, 4.69) is 10.3 Å². The van der Waals surface area contributed by atoms with Gasteiger partial charge in [0.25, 0.3) is 0 Å². The van der Waals surface area contributed by atoms with Crippen LogP contribution in [0.25, 0.3) is 10.2 Å². The molecule has 0 radical (unpaired) electrons. The summed E-state index contributed by atoms with van der Waals surface area (Å²) in [4.78, 5) is 14.7. The Morgan fingerprint density at radius 3 is 2.80 bits per heavy atom. The third-order valence-electron chi connectivity index (χ3n) is 2.61. The van der Waals surface area contributed by atoms with Gasteiger partial charge in [-0.2, -0.15) is 0 Å². The second kappa shape index (κ2) is 5.33. The topological polar surface area (TPSA) is 102 Å². The van der Waals surface area contributed by atoms with E-state index in [0.29, 0.717) is 5.52 Å². The standard InChI is InChI=1S/C11H13N3O4S2/c1-7(5-20(2,17)18)13-8-3-4-9-10(12-6-19-9)11(8)14(15)16/h3-4,6-7,13H,5H2,1-2H3. The minimum atomic E-state index is -3.15. The van der Waals surface area contributed by atoms with Crippen LogP contribution in [0.1, 0.15) is 6.92 Å². The maximum absolute atomic E-state index is 11.2. The third-order valence-corrected chi connectivity index (χ3v) is 4.51. The molecule has 0 aliphatic carbocycles. The van der Waals surface area contributed by atoms with Gasteiger partial charge in [-0.25, -0.2) is 13.4 Å². The van der Waals surface area contributed by atoms with Gasteiger partial charge in [0.1, 0.15) is 15.5 Å². The largest absolute Gasteiger partial charge is 0.376 e. The zero-order valence-electron chi connectivity index (χ0n) is 10.9. The van der Waals surface area contributed by atoms with Crippen molar-refractivity contribution in [3.05, 3.63) is 27.8 Å². The first kappa shape index (κ1) is 14.7. The zero-order valence-corrected chi connectivity index (χ0v) is 12.5. The molecule has 1 unspecified atom stereocenters. The van der Waals surface area contributed by atoms with Gasteiger partial charge in [-0.1, -0.05) is 0 Å². The summed E-state index contributed by atoms with van der Waals surface area (Å²) in [7, 11) is -3.15. The number of nitrogens with one attached hydrogen (secondary N) is 1. The SMILES string of the molecule is CC(CS(C)(=O)=O)Nc1ccc2scnc2c1[N+](=O)[O-].